The van der Waals surface area contributed by atoms with Crippen LogP contribution in [0.4, 0.5) is 0 Å². The van der Waals surface area contributed by atoms with Crippen LogP contribution in [0.2, 0.25) is 5.02 Å². The molecular formula is C15H19ClN2O4S. The second kappa shape index (κ2) is 7.79. The molecule has 0 radical (unpaired) electrons. The SMILES string of the molecule is O=C(CCCNC(=O)c1ccc(Cl)cc1)N[C@H]1CCS(=O)(=O)C1. The lowest BCUT2D eigenvalue weighted by molar-refractivity contribution is -0.121. The molecule has 1 fully saturated rings. The van der Waals surface area contributed by atoms with Gasteiger partial charge in [0.25, 0.3) is 5.91 Å². The van der Waals surface area contributed by atoms with Crippen molar-refractivity contribution in [1.82, 2.24) is 10.6 Å². The number of benzene rings is 1. The number of hydrogen-bond donors (Lipinski definition) is 2. The quantitative estimate of drug-likeness (QED) is 0.746. The number of rotatable bonds is 6. The van der Waals surface area contributed by atoms with E-state index in [0.717, 1.165) is 0 Å². The summed E-state index contributed by atoms with van der Waals surface area (Å²) in [7, 11) is -2.99. The fraction of sp³-hybridized carbons (Fsp3) is 0.467. The van der Waals surface area contributed by atoms with E-state index < -0.39 is 9.84 Å². The Morgan fingerprint density at radius 1 is 1.22 bits per heavy atom. The van der Waals surface area contributed by atoms with Crippen molar-refractivity contribution in [2.75, 3.05) is 18.1 Å². The van der Waals surface area contributed by atoms with Crippen LogP contribution in [0, 0.1) is 0 Å². The molecule has 126 valence electrons. The van der Waals surface area contributed by atoms with Gasteiger partial charge in [0.05, 0.1) is 11.5 Å². The minimum atomic E-state index is -2.99. The molecule has 1 heterocycles. The van der Waals surface area contributed by atoms with Gasteiger partial charge in [-0.3, -0.25) is 9.59 Å². The molecule has 1 aromatic carbocycles. The van der Waals surface area contributed by atoms with Crippen LogP contribution in [-0.4, -0.2) is 44.3 Å². The lowest BCUT2D eigenvalue weighted by Crippen LogP contribution is -2.36. The van der Waals surface area contributed by atoms with Gasteiger partial charge in [-0.2, -0.15) is 0 Å². The van der Waals surface area contributed by atoms with Gasteiger partial charge in [0.15, 0.2) is 9.84 Å². The first-order valence-corrected chi connectivity index (χ1v) is 9.59. The third-order valence-electron chi connectivity index (χ3n) is 3.57. The highest BCUT2D eigenvalue weighted by Crippen LogP contribution is 2.11. The highest BCUT2D eigenvalue weighted by molar-refractivity contribution is 7.91. The predicted octanol–water partition coefficient (Wildman–Crippen LogP) is 1.15. The number of carbonyl (C=O) groups is 2. The van der Waals surface area contributed by atoms with Gasteiger partial charge >= 0.3 is 0 Å². The summed E-state index contributed by atoms with van der Waals surface area (Å²) in [5.74, 6) is -0.252. The van der Waals surface area contributed by atoms with Crippen molar-refractivity contribution in [2.24, 2.45) is 0 Å². The van der Waals surface area contributed by atoms with Gasteiger partial charge < -0.3 is 10.6 Å². The van der Waals surface area contributed by atoms with E-state index in [1.54, 1.807) is 24.3 Å². The Morgan fingerprint density at radius 3 is 2.52 bits per heavy atom. The molecule has 0 unspecified atom stereocenters. The van der Waals surface area contributed by atoms with E-state index in [1.165, 1.54) is 0 Å². The summed E-state index contributed by atoms with van der Waals surface area (Å²) in [4.78, 5) is 23.6. The summed E-state index contributed by atoms with van der Waals surface area (Å²) in [6, 6.07) is 6.26. The number of carbonyl (C=O) groups excluding carboxylic acids is 2. The molecule has 0 aromatic heterocycles. The first kappa shape index (κ1) is 17.7. The standard InChI is InChI=1S/C15H19ClN2O4S/c16-12-5-3-11(4-6-12)15(20)17-8-1-2-14(19)18-13-7-9-23(21,22)10-13/h3-6,13H,1-2,7-10H2,(H,17,20)(H,18,19)/t13-/m0/s1. The largest absolute Gasteiger partial charge is 0.352 e. The third-order valence-corrected chi connectivity index (χ3v) is 5.59. The molecule has 1 aromatic rings. The van der Waals surface area contributed by atoms with Crippen molar-refractivity contribution in [3.05, 3.63) is 34.9 Å². The first-order valence-electron chi connectivity index (χ1n) is 7.39. The maximum absolute atomic E-state index is 11.8. The summed E-state index contributed by atoms with van der Waals surface area (Å²) in [5.41, 5.74) is 0.509. The van der Waals surface area contributed by atoms with Gasteiger partial charge in [-0.05, 0) is 37.1 Å². The Bertz CT molecular complexity index is 673. The van der Waals surface area contributed by atoms with Crippen LogP contribution in [0.3, 0.4) is 0 Å². The van der Waals surface area contributed by atoms with Gasteiger partial charge in [0.1, 0.15) is 0 Å². The molecule has 0 aliphatic carbocycles. The van der Waals surface area contributed by atoms with E-state index in [9.17, 15) is 18.0 Å². The molecule has 6 nitrogen and oxygen atoms in total. The Hall–Kier alpha value is -1.60. The molecule has 23 heavy (non-hydrogen) atoms. The van der Waals surface area contributed by atoms with Gasteiger partial charge in [0.2, 0.25) is 5.91 Å². The molecule has 0 spiro atoms. The number of nitrogens with one attached hydrogen (secondary N) is 2. The lowest BCUT2D eigenvalue weighted by Gasteiger charge is -2.11. The molecule has 1 aliphatic heterocycles. The molecule has 1 atom stereocenters. The average Bonchev–Trinajstić information content (AvgIpc) is 2.83. The topological polar surface area (TPSA) is 92.3 Å². The summed E-state index contributed by atoms with van der Waals surface area (Å²) in [6.07, 6.45) is 1.21. The van der Waals surface area contributed by atoms with Crippen molar-refractivity contribution in [3.63, 3.8) is 0 Å². The van der Waals surface area contributed by atoms with Crippen molar-refractivity contribution in [2.45, 2.75) is 25.3 Å². The van der Waals surface area contributed by atoms with Crippen LogP contribution in [0.1, 0.15) is 29.6 Å². The Balaban J connectivity index is 1.64. The maximum Gasteiger partial charge on any atom is 0.251 e. The molecule has 2 rings (SSSR count). The minimum Gasteiger partial charge on any atom is -0.352 e. The second-order valence-electron chi connectivity index (χ2n) is 5.53. The molecule has 8 heteroatoms. The van der Waals surface area contributed by atoms with Crippen LogP contribution in [0.25, 0.3) is 0 Å². The van der Waals surface area contributed by atoms with Crippen molar-refractivity contribution < 1.29 is 18.0 Å². The molecule has 1 saturated heterocycles. The Kier molecular flexibility index (Phi) is 6.01. The average molecular weight is 359 g/mol. The normalized spacial score (nSPS) is 19.3. The van der Waals surface area contributed by atoms with Crippen LogP contribution in [-0.2, 0) is 14.6 Å². The highest BCUT2D eigenvalue weighted by atomic mass is 35.5. The minimum absolute atomic E-state index is 0.0199. The fourth-order valence-corrected chi connectivity index (χ4v) is 4.16. The summed E-state index contributed by atoms with van der Waals surface area (Å²) >= 11 is 5.75. The zero-order chi connectivity index (χ0) is 16.9. The molecule has 2 amide bonds. The van der Waals surface area contributed by atoms with Crippen LogP contribution < -0.4 is 10.6 Å². The predicted molar refractivity (Wildman–Crippen MR) is 88.2 cm³/mol. The zero-order valence-electron chi connectivity index (χ0n) is 12.5. The maximum atomic E-state index is 11.8. The van der Waals surface area contributed by atoms with Crippen molar-refractivity contribution in [3.8, 4) is 0 Å². The van der Waals surface area contributed by atoms with Gasteiger partial charge in [-0.25, -0.2) is 8.42 Å². The van der Waals surface area contributed by atoms with E-state index in [0.29, 0.717) is 30.0 Å². The van der Waals surface area contributed by atoms with E-state index >= 15 is 0 Å². The zero-order valence-corrected chi connectivity index (χ0v) is 14.1. The smallest absolute Gasteiger partial charge is 0.251 e. The Morgan fingerprint density at radius 2 is 1.91 bits per heavy atom. The summed E-state index contributed by atoms with van der Waals surface area (Å²) < 4.78 is 22.6. The second-order valence-corrected chi connectivity index (χ2v) is 8.20. The molecule has 1 aliphatic rings. The lowest BCUT2D eigenvalue weighted by atomic mass is 10.2. The molecule has 0 saturated carbocycles. The third kappa shape index (κ3) is 5.84. The van der Waals surface area contributed by atoms with Gasteiger partial charge in [-0.1, -0.05) is 11.6 Å². The summed E-state index contributed by atoms with van der Waals surface area (Å²) in [6.45, 7) is 0.373. The van der Waals surface area contributed by atoms with E-state index in [-0.39, 0.29) is 35.8 Å². The first-order chi connectivity index (χ1) is 10.9. The Labute approximate surface area is 140 Å². The fourth-order valence-electron chi connectivity index (χ4n) is 2.36. The van der Waals surface area contributed by atoms with E-state index in [2.05, 4.69) is 10.6 Å². The molecular weight excluding hydrogens is 340 g/mol. The van der Waals surface area contributed by atoms with Gasteiger partial charge in [0, 0.05) is 29.6 Å². The van der Waals surface area contributed by atoms with Crippen LogP contribution in [0.15, 0.2) is 24.3 Å². The molecule has 0 bridgehead atoms. The molecule has 2 N–H and O–H groups in total. The highest BCUT2D eigenvalue weighted by Gasteiger charge is 2.28. The number of hydrogen-bond acceptors (Lipinski definition) is 4. The van der Waals surface area contributed by atoms with E-state index in [1.807, 2.05) is 0 Å². The number of halogens is 1. The number of amides is 2. The van der Waals surface area contributed by atoms with Crippen LogP contribution >= 0.6 is 11.6 Å². The van der Waals surface area contributed by atoms with Crippen molar-refractivity contribution >= 4 is 33.3 Å². The van der Waals surface area contributed by atoms with Crippen molar-refractivity contribution in [1.29, 1.82) is 0 Å². The monoisotopic (exact) mass is 358 g/mol. The summed E-state index contributed by atoms with van der Waals surface area (Å²) in [5, 5.41) is 6.00. The van der Waals surface area contributed by atoms with Gasteiger partial charge in [-0.15, -0.1) is 0 Å². The van der Waals surface area contributed by atoms with Crippen LogP contribution in [0.5, 0.6) is 0 Å². The number of sulfone groups is 1. The van der Waals surface area contributed by atoms with E-state index in [4.69, 9.17) is 11.6 Å².